The molecule has 0 aliphatic carbocycles. The Kier molecular flexibility index (Phi) is 6.88. The van der Waals surface area contributed by atoms with Gasteiger partial charge in [0, 0.05) is 31.9 Å². The van der Waals surface area contributed by atoms with Crippen molar-refractivity contribution in [1.82, 2.24) is 14.8 Å². The molecule has 30 heavy (non-hydrogen) atoms. The minimum atomic E-state index is -0.422. The number of aryl methyl sites for hydroxylation is 2. The van der Waals surface area contributed by atoms with E-state index in [-0.39, 0.29) is 12.0 Å². The number of aromatic nitrogens is 1. The van der Waals surface area contributed by atoms with Crippen LogP contribution in [-0.2, 0) is 4.74 Å². The number of nitrogens with zero attached hydrogens (tertiary/aromatic N) is 3. The Labute approximate surface area is 179 Å². The van der Waals surface area contributed by atoms with Crippen molar-refractivity contribution >= 4 is 40.2 Å². The number of anilines is 2. The van der Waals surface area contributed by atoms with Crippen molar-refractivity contribution in [2.45, 2.75) is 20.8 Å². The second-order valence-corrected chi connectivity index (χ2v) is 7.86. The van der Waals surface area contributed by atoms with E-state index >= 15 is 0 Å². The van der Waals surface area contributed by atoms with Gasteiger partial charge in [-0.25, -0.2) is 14.6 Å². The summed E-state index contributed by atoms with van der Waals surface area (Å²) in [5.74, 6) is -0.152. The molecule has 1 aliphatic rings. The van der Waals surface area contributed by atoms with Crippen molar-refractivity contribution in [2.24, 2.45) is 0 Å². The van der Waals surface area contributed by atoms with Crippen molar-refractivity contribution < 1.29 is 19.1 Å². The Bertz CT molecular complexity index is 920. The summed E-state index contributed by atoms with van der Waals surface area (Å²) >= 11 is 1.14. The predicted octanol–water partition coefficient (Wildman–Crippen LogP) is 3.32. The van der Waals surface area contributed by atoms with Gasteiger partial charge in [0.1, 0.15) is 4.88 Å². The quantitative estimate of drug-likeness (QED) is 0.773. The lowest BCUT2D eigenvalue weighted by molar-refractivity contribution is 0.0573. The normalized spacial score (nSPS) is 13.7. The van der Waals surface area contributed by atoms with Gasteiger partial charge in [-0.15, -0.1) is 0 Å². The monoisotopic (exact) mass is 431 g/mol. The Balaban J connectivity index is 1.57. The largest absolute Gasteiger partial charge is 0.450 e. The summed E-state index contributed by atoms with van der Waals surface area (Å²) in [6, 6.07) is 7.01. The zero-order valence-electron chi connectivity index (χ0n) is 17.2. The molecule has 4 amide bonds. The second kappa shape index (κ2) is 9.57. The molecule has 160 valence electrons. The highest BCUT2D eigenvalue weighted by atomic mass is 32.1. The van der Waals surface area contributed by atoms with Crippen molar-refractivity contribution in [1.29, 1.82) is 0 Å². The summed E-state index contributed by atoms with van der Waals surface area (Å²) in [7, 11) is 0. The highest BCUT2D eigenvalue weighted by Gasteiger charge is 2.28. The topological polar surface area (TPSA) is 104 Å². The molecule has 2 aromatic rings. The summed E-state index contributed by atoms with van der Waals surface area (Å²) in [4.78, 5) is 44.9. The molecule has 1 aromatic carbocycles. The predicted molar refractivity (Wildman–Crippen MR) is 115 cm³/mol. The number of thiazole rings is 1. The standard InChI is InChI=1S/C20H25N5O4S/c1-4-29-20(28)25-11-9-24(10-12-25)17(26)16-14(3)21-19(30-16)23-18(27)22-15-7-5-13(2)6-8-15/h5-8H,4,9-12H2,1-3H3,(H2,21,22,23,27). The number of carbonyl (C=O) groups is 3. The van der Waals surface area contributed by atoms with Crippen LogP contribution in [0.2, 0.25) is 0 Å². The number of carbonyl (C=O) groups excluding carboxylic acids is 3. The summed E-state index contributed by atoms with van der Waals surface area (Å²) < 4.78 is 5.00. The first kappa shape index (κ1) is 21.6. The maximum atomic E-state index is 12.9. The molecule has 1 saturated heterocycles. The van der Waals surface area contributed by atoms with Crippen LogP contribution < -0.4 is 10.6 Å². The van der Waals surface area contributed by atoms with E-state index in [1.54, 1.807) is 23.6 Å². The van der Waals surface area contributed by atoms with Crippen LogP contribution >= 0.6 is 11.3 Å². The average Bonchev–Trinajstić information content (AvgIpc) is 3.09. The van der Waals surface area contributed by atoms with E-state index in [1.165, 1.54) is 0 Å². The number of urea groups is 1. The first-order chi connectivity index (χ1) is 14.4. The van der Waals surface area contributed by atoms with Gasteiger partial charge >= 0.3 is 12.1 Å². The van der Waals surface area contributed by atoms with Crippen LogP contribution in [0.25, 0.3) is 0 Å². The van der Waals surface area contributed by atoms with E-state index in [9.17, 15) is 14.4 Å². The first-order valence-corrected chi connectivity index (χ1v) is 10.5. The van der Waals surface area contributed by atoms with Crippen LogP contribution in [0, 0.1) is 13.8 Å². The number of benzene rings is 1. The van der Waals surface area contributed by atoms with Crippen LogP contribution in [0.5, 0.6) is 0 Å². The van der Waals surface area contributed by atoms with E-state index in [0.29, 0.717) is 54.2 Å². The zero-order valence-corrected chi connectivity index (χ0v) is 18.0. The highest BCUT2D eigenvalue weighted by Crippen LogP contribution is 2.25. The Morgan fingerprint density at radius 2 is 1.67 bits per heavy atom. The molecule has 1 aliphatic heterocycles. The Hall–Kier alpha value is -3.14. The van der Waals surface area contributed by atoms with E-state index in [2.05, 4.69) is 15.6 Å². The number of piperazine rings is 1. The number of nitrogens with one attached hydrogen (secondary N) is 2. The lowest BCUT2D eigenvalue weighted by Crippen LogP contribution is -2.50. The van der Waals surface area contributed by atoms with Crippen LogP contribution in [0.4, 0.5) is 20.4 Å². The van der Waals surface area contributed by atoms with Crippen LogP contribution in [0.15, 0.2) is 24.3 Å². The molecule has 1 aromatic heterocycles. The molecular weight excluding hydrogens is 406 g/mol. The van der Waals surface area contributed by atoms with E-state index in [0.717, 1.165) is 16.9 Å². The number of rotatable bonds is 4. The molecule has 0 saturated carbocycles. The van der Waals surface area contributed by atoms with Crippen LogP contribution in [-0.4, -0.2) is 65.6 Å². The fraction of sp³-hybridized carbons (Fsp3) is 0.400. The van der Waals surface area contributed by atoms with Gasteiger partial charge in [-0.05, 0) is 32.9 Å². The van der Waals surface area contributed by atoms with Gasteiger partial charge in [0.15, 0.2) is 5.13 Å². The van der Waals surface area contributed by atoms with Crippen molar-refractivity contribution in [3.05, 3.63) is 40.4 Å². The van der Waals surface area contributed by atoms with Gasteiger partial charge in [-0.1, -0.05) is 29.0 Å². The molecule has 0 radical (unpaired) electrons. The molecule has 0 bridgehead atoms. The molecule has 1 fully saturated rings. The molecule has 9 nitrogen and oxygen atoms in total. The van der Waals surface area contributed by atoms with Gasteiger partial charge in [-0.3, -0.25) is 10.1 Å². The summed E-state index contributed by atoms with van der Waals surface area (Å²) in [6.45, 7) is 7.48. The zero-order chi connectivity index (χ0) is 21.7. The minimum absolute atomic E-state index is 0.152. The molecule has 2 heterocycles. The maximum absolute atomic E-state index is 12.9. The molecule has 0 atom stereocenters. The number of hydrogen-bond acceptors (Lipinski definition) is 6. The van der Waals surface area contributed by atoms with Gasteiger partial charge in [0.05, 0.1) is 12.3 Å². The second-order valence-electron chi connectivity index (χ2n) is 6.86. The first-order valence-electron chi connectivity index (χ1n) is 9.70. The van der Waals surface area contributed by atoms with Gasteiger partial charge in [0.2, 0.25) is 0 Å². The van der Waals surface area contributed by atoms with E-state index in [4.69, 9.17) is 4.74 Å². The van der Waals surface area contributed by atoms with Crippen molar-refractivity contribution in [3.8, 4) is 0 Å². The Morgan fingerprint density at radius 3 is 2.30 bits per heavy atom. The van der Waals surface area contributed by atoms with E-state index < -0.39 is 6.03 Å². The SMILES string of the molecule is CCOC(=O)N1CCN(C(=O)c2sc(NC(=O)Nc3ccc(C)cc3)nc2C)CC1. The lowest BCUT2D eigenvalue weighted by atomic mass is 10.2. The number of ether oxygens (including phenoxy) is 1. The van der Waals surface area contributed by atoms with Crippen LogP contribution in [0.1, 0.15) is 27.9 Å². The highest BCUT2D eigenvalue weighted by molar-refractivity contribution is 7.17. The lowest BCUT2D eigenvalue weighted by Gasteiger charge is -2.33. The number of hydrogen-bond donors (Lipinski definition) is 2. The number of amides is 4. The summed E-state index contributed by atoms with van der Waals surface area (Å²) in [5.41, 5.74) is 2.33. The summed E-state index contributed by atoms with van der Waals surface area (Å²) in [6.07, 6.45) is -0.357. The third-order valence-electron chi connectivity index (χ3n) is 4.61. The van der Waals surface area contributed by atoms with Crippen molar-refractivity contribution in [2.75, 3.05) is 43.4 Å². The van der Waals surface area contributed by atoms with Gasteiger partial charge in [-0.2, -0.15) is 0 Å². The average molecular weight is 432 g/mol. The summed E-state index contributed by atoms with van der Waals surface area (Å²) in [5, 5.41) is 5.77. The molecule has 2 N–H and O–H groups in total. The fourth-order valence-corrected chi connectivity index (χ4v) is 3.92. The van der Waals surface area contributed by atoms with Crippen molar-refractivity contribution in [3.63, 3.8) is 0 Å². The molecule has 10 heteroatoms. The van der Waals surface area contributed by atoms with Gasteiger partial charge < -0.3 is 19.9 Å². The third kappa shape index (κ3) is 5.26. The molecular formula is C20H25N5O4S. The minimum Gasteiger partial charge on any atom is -0.450 e. The molecule has 0 spiro atoms. The Morgan fingerprint density at radius 1 is 1.03 bits per heavy atom. The van der Waals surface area contributed by atoms with Crippen LogP contribution in [0.3, 0.4) is 0 Å². The maximum Gasteiger partial charge on any atom is 0.409 e. The fourth-order valence-electron chi connectivity index (χ4n) is 3.00. The smallest absolute Gasteiger partial charge is 0.409 e. The molecule has 3 rings (SSSR count). The van der Waals surface area contributed by atoms with E-state index in [1.807, 2.05) is 31.2 Å². The molecule has 0 unspecified atom stereocenters. The van der Waals surface area contributed by atoms with Gasteiger partial charge in [0.25, 0.3) is 5.91 Å². The third-order valence-corrected chi connectivity index (χ3v) is 5.67.